The number of rotatable bonds is 6. The molecule has 144 valence electrons. The van der Waals surface area contributed by atoms with E-state index < -0.39 is 0 Å². The number of ether oxygens (including phenoxy) is 1. The van der Waals surface area contributed by atoms with Crippen LogP contribution in [0, 0.1) is 12.8 Å². The van der Waals surface area contributed by atoms with Gasteiger partial charge in [-0.05, 0) is 31.9 Å². The molecule has 1 N–H and O–H groups in total. The van der Waals surface area contributed by atoms with Gasteiger partial charge in [-0.3, -0.25) is 14.6 Å². The summed E-state index contributed by atoms with van der Waals surface area (Å²) in [6, 6.07) is 3.78. The second-order valence-corrected chi connectivity index (χ2v) is 7.55. The smallest absolute Gasteiger partial charge is 0.265 e. The molecule has 3 heterocycles. The first-order valence-electron chi connectivity index (χ1n) is 9.04. The van der Waals surface area contributed by atoms with Crippen molar-refractivity contribution in [3.8, 4) is 10.6 Å². The minimum absolute atomic E-state index is 0.0124. The molecule has 1 saturated heterocycles. The van der Waals surface area contributed by atoms with Crippen LogP contribution in [-0.4, -0.2) is 60.0 Å². The maximum Gasteiger partial charge on any atom is 0.265 e. The van der Waals surface area contributed by atoms with Gasteiger partial charge in [0.1, 0.15) is 9.88 Å². The van der Waals surface area contributed by atoms with E-state index in [4.69, 9.17) is 4.74 Å². The summed E-state index contributed by atoms with van der Waals surface area (Å²) in [5, 5.41) is 3.66. The molecule has 2 amide bonds. The summed E-state index contributed by atoms with van der Waals surface area (Å²) in [6.45, 7) is 3.93. The van der Waals surface area contributed by atoms with Crippen LogP contribution in [-0.2, 0) is 9.53 Å². The van der Waals surface area contributed by atoms with Crippen LogP contribution in [0.1, 0.15) is 28.2 Å². The highest BCUT2D eigenvalue weighted by molar-refractivity contribution is 7.17. The molecule has 1 aliphatic heterocycles. The molecule has 2 aromatic rings. The molecular formula is C19H24N4O3S. The Hall–Kier alpha value is -2.32. The Labute approximate surface area is 162 Å². The van der Waals surface area contributed by atoms with Gasteiger partial charge in [-0.25, -0.2) is 4.98 Å². The maximum absolute atomic E-state index is 13.0. The van der Waals surface area contributed by atoms with Crippen molar-refractivity contribution in [1.29, 1.82) is 0 Å². The zero-order valence-electron chi connectivity index (χ0n) is 15.6. The topological polar surface area (TPSA) is 84.4 Å². The standard InChI is InChI=1S/C19H24N4O3S/c1-13-16(27-18(22-13)14-5-3-7-20-11-14)19(25)23-9-4-6-15(12-23)17(24)21-8-10-26-2/h3,5,7,11,15H,4,6,8-10,12H2,1-2H3,(H,21,24). The summed E-state index contributed by atoms with van der Waals surface area (Å²) in [7, 11) is 1.60. The van der Waals surface area contributed by atoms with E-state index in [1.807, 2.05) is 19.1 Å². The summed E-state index contributed by atoms with van der Waals surface area (Å²) < 4.78 is 4.96. The van der Waals surface area contributed by atoms with Crippen LogP contribution < -0.4 is 5.32 Å². The Morgan fingerprint density at radius 1 is 1.44 bits per heavy atom. The maximum atomic E-state index is 13.0. The van der Waals surface area contributed by atoms with E-state index in [-0.39, 0.29) is 17.7 Å². The van der Waals surface area contributed by atoms with Crippen molar-refractivity contribution >= 4 is 23.2 Å². The molecule has 27 heavy (non-hydrogen) atoms. The number of carbonyl (C=O) groups is 2. The number of aryl methyl sites for hydroxylation is 1. The van der Waals surface area contributed by atoms with Crippen LogP contribution in [0.5, 0.6) is 0 Å². The lowest BCUT2D eigenvalue weighted by Gasteiger charge is -2.31. The molecule has 1 aliphatic rings. The number of amides is 2. The molecule has 7 nitrogen and oxygen atoms in total. The first-order valence-corrected chi connectivity index (χ1v) is 9.85. The van der Waals surface area contributed by atoms with Crippen molar-refractivity contribution in [1.82, 2.24) is 20.2 Å². The van der Waals surface area contributed by atoms with Crippen molar-refractivity contribution in [3.05, 3.63) is 35.1 Å². The van der Waals surface area contributed by atoms with Gasteiger partial charge >= 0.3 is 0 Å². The minimum atomic E-state index is -0.175. The predicted molar refractivity (Wildman–Crippen MR) is 104 cm³/mol. The van der Waals surface area contributed by atoms with Gasteiger partial charge < -0.3 is 15.0 Å². The summed E-state index contributed by atoms with van der Waals surface area (Å²) in [5.74, 6) is -0.235. The number of nitrogens with zero attached hydrogens (tertiary/aromatic N) is 3. The lowest BCUT2D eigenvalue weighted by atomic mass is 9.97. The number of hydrogen-bond acceptors (Lipinski definition) is 6. The number of methoxy groups -OCH3 is 1. The highest BCUT2D eigenvalue weighted by atomic mass is 32.1. The first-order chi connectivity index (χ1) is 13.1. The molecule has 8 heteroatoms. The molecule has 0 aliphatic carbocycles. The molecule has 0 spiro atoms. The lowest BCUT2D eigenvalue weighted by Crippen LogP contribution is -2.45. The molecule has 1 fully saturated rings. The van der Waals surface area contributed by atoms with Crippen LogP contribution >= 0.6 is 11.3 Å². The highest BCUT2D eigenvalue weighted by Gasteiger charge is 2.30. The molecule has 0 bridgehead atoms. The number of nitrogens with one attached hydrogen (secondary N) is 1. The third kappa shape index (κ3) is 4.70. The second-order valence-electron chi connectivity index (χ2n) is 6.55. The third-order valence-electron chi connectivity index (χ3n) is 4.58. The predicted octanol–water partition coefficient (Wildman–Crippen LogP) is 2.13. The zero-order valence-corrected chi connectivity index (χ0v) is 16.4. The van der Waals surface area contributed by atoms with Gasteiger partial charge in [0.05, 0.1) is 18.2 Å². The summed E-state index contributed by atoms with van der Waals surface area (Å²) in [4.78, 5) is 36.4. The van der Waals surface area contributed by atoms with E-state index in [0.717, 1.165) is 29.1 Å². The summed E-state index contributed by atoms with van der Waals surface area (Å²) in [6.07, 6.45) is 5.07. The molecular weight excluding hydrogens is 364 g/mol. The number of thiazole rings is 1. The van der Waals surface area contributed by atoms with E-state index in [1.165, 1.54) is 11.3 Å². The normalized spacial score (nSPS) is 17.0. The van der Waals surface area contributed by atoms with Gasteiger partial charge in [-0.2, -0.15) is 0 Å². The number of carbonyl (C=O) groups excluding carboxylic acids is 2. The monoisotopic (exact) mass is 388 g/mol. The number of aromatic nitrogens is 2. The van der Waals surface area contributed by atoms with Gasteiger partial charge in [-0.1, -0.05) is 0 Å². The molecule has 0 radical (unpaired) electrons. The molecule has 0 saturated carbocycles. The Balaban J connectivity index is 1.68. The van der Waals surface area contributed by atoms with E-state index in [1.54, 1.807) is 24.4 Å². The molecule has 3 rings (SSSR count). The van der Waals surface area contributed by atoms with Crippen LogP contribution in [0.2, 0.25) is 0 Å². The molecule has 2 aromatic heterocycles. The SMILES string of the molecule is COCCNC(=O)C1CCCN(C(=O)c2sc(-c3cccnc3)nc2C)C1. The van der Waals surface area contributed by atoms with Gasteiger partial charge in [0, 0.05) is 44.7 Å². The van der Waals surface area contributed by atoms with E-state index in [0.29, 0.717) is 31.1 Å². The van der Waals surface area contributed by atoms with Crippen molar-refractivity contribution in [3.63, 3.8) is 0 Å². The number of pyridine rings is 1. The van der Waals surface area contributed by atoms with Crippen molar-refractivity contribution in [2.24, 2.45) is 5.92 Å². The van der Waals surface area contributed by atoms with Gasteiger partial charge in [0.2, 0.25) is 5.91 Å². The highest BCUT2D eigenvalue weighted by Crippen LogP contribution is 2.29. The molecule has 1 atom stereocenters. The number of piperidine rings is 1. The zero-order chi connectivity index (χ0) is 19.2. The Morgan fingerprint density at radius 3 is 3.04 bits per heavy atom. The molecule has 1 unspecified atom stereocenters. The summed E-state index contributed by atoms with van der Waals surface area (Å²) >= 11 is 1.38. The Morgan fingerprint density at radius 2 is 2.30 bits per heavy atom. The fourth-order valence-corrected chi connectivity index (χ4v) is 4.17. The third-order valence-corrected chi connectivity index (χ3v) is 5.78. The Bertz CT molecular complexity index is 794. The lowest BCUT2D eigenvalue weighted by molar-refractivity contribution is -0.126. The number of likely N-dealkylation sites (tertiary alicyclic amines) is 1. The first kappa shape index (κ1) is 19.4. The summed E-state index contributed by atoms with van der Waals surface area (Å²) in [5.41, 5.74) is 1.62. The number of hydrogen-bond donors (Lipinski definition) is 1. The van der Waals surface area contributed by atoms with Crippen LogP contribution in [0.25, 0.3) is 10.6 Å². The average Bonchev–Trinajstić information content (AvgIpc) is 3.10. The Kier molecular flexibility index (Phi) is 6.52. The largest absolute Gasteiger partial charge is 0.383 e. The van der Waals surface area contributed by atoms with Gasteiger partial charge in [0.15, 0.2) is 0 Å². The van der Waals surface area contributed by atoms with E-state index >= 15 is 0 Å². The van der Waals surface area contributed by atoms with Crippen LogP contribution in [0.4, 0.5) is 0 Å². The van der Waals surface area contributed by atoms with Gasteiger partial charge in [0.25, 0.3) is 5.91 Å². The fourth-order valence-electron chi connectivity index (χ4n) is 3.15. The molecule has 0 aromatic carbocycles. The van der Waals surface area contributed by atoms with Crippen LogP contribution in [0.15, 0.2) is 24.5 Å². The van der Waals surface area contributed by atoms with E-state index in [2.05, 4.69) is 15.3 Å². The van der Waals surface area contributed by atoms with Crippen molar-refractivity contribution in [2.45, 2.75) is 19.8 Å². The quantitative estimate of drug-likeness (QED) is 0.767. The van der Waals surface area contributed by atoms with Crippen molar-refractivity contribution < 1.29 is 14.3 Å². The minimum Gasteiger partial charge on any atom is -0.383 e. The second kappa shape index (κ2) is 9.05. The van der Waals surface area contributed by atoms with Gasteiger partial charge in [-0.15, -0.1) is 11.3 Å². The van der Waals surface area contributed by atoms with E-state index in [9.17, 15) is 9.59 Å². The fraction of sp³-hybridized carbons (Fsp3) is 0.474. The average molecular weight is 388 g/mol. The van der Waals surface area contributed by atoms with Crippen molar-refractivity contribution in [2.75, 3.05) is 33.4 Å². The van der Waals surface area contributed by atoms with Crippen LogP contribution in [0.3, 0.4) is 0 Å².